The number of nitriles is 2. The van der Waals surface area contributed by atoms with E-state index in [1.54, 1.807) is 0 Å². The van der Waals surface area contributed by atoms with Gasteiger partial charge in [-0.05, 0) is 11.6 Å². The maximum atomic E-state index is 9.90. The van der Waals surface area contributed by atoms with E-state index in [1.165, 1.54) is 14.2 Å². The summed E-state index contributed by atoms with van der Waals surface area (Å²) in [5.74, 6) is -1.99. The molecule has 1 aromatic carbocycles. The van der Waals surface area contributed by atoms with E-state index in [-0.39, 0.29) is 5.84 Å². The number of hydrogen-bond donors (Lipinski definition) is 1. The summed E-state index contributed by atoms with van der Waals surface area (Å²) in [5.41, 5.74) is 4.27. The summed E-state index contributed by atoms with van der Waals surface area (Å²) in [6.07, 6.45) is 0. The van der Waals surface area contributed by atoms with Gasteiger partial charge < -0.3 is 15.2 Å². The van der Waals surface area contributed by atoms with Gasteiger partial charge in [-0.25, -0.2) is 4.99 Å². The molecule has 1 heterocycles. The van der Waals surface area contributed by atoms with Crippen molar-refractivity contribution in [3.8, 4) is 12.1 Å². The fourth-order valence-electron chi connectivity index (χ4n) is 3.70. The zero-order valence-electron chi connectivity index (χ0n) is 12.0. The highest BCUT2D eigenvalue weighted by molar-refractivity contribution is 9.10. The number of hydrogen-bond acceptors (Lipinski definition) is 6. The van der Waals surface area contributed by atoms with E-state index in [1.807, 2.05) is 24.3 Å². The van der Waals surface area contributed by atoms with E-state index < -0.39 is 22.7 Å². The topological polar surface area (TPSA) is 104 Å². The van der Waals surface area contributed by atoms with E-state index in [0.717, 1.165) is 10.0 Å². The second kappa shape index (κ2) is 4.53. The highest BCUT2D eigenvalue weighted by Gasteiger charge is 2.93. The number of ether oxygens (including phenoxy) is 2. The van der Waals surface area contributed by atoms with Crippen molar-refractivity contribution in [2.24, 2.45) is 21.6 Å². The Morgan fingerprint density at radius 2 is 1.86 bits per heavy atom. The van der Waals surface area contributed by atoms with Crippen LogP contribution >= 0.6 is 15.9 Å². The maximum absolute atomic E-state index is 9.90. The first kappa shape index (κ1) is 15.0. The summed E-state index contributed by atoms with van der Waals surface area (Å²) in [7, 11) is 2.78. The molecule has 3 rings (SSSR count). The Labute approximate surface area is 136 Å². The number of halogens is 1. The molecule has 2 N–H and O–H groups in total. The van der Waals surface area contributed by atoms with Crippen molar-refractivity contribution in [1.29, 1.82) is 10.5 Å². The first-order valence-electron chi connectivity index (χ1n) is 6.54. The Kier molecular flexibility index (Phi) is 3.09. The molecule has 0 bridgehead atoms. The number of nitrogens with two attached hydrogens (primary N) is 1. The maximum Gasteiger partial charge on any atom is 0.292 e. The third-order valence-corrected chi connectivity index (χ3v) is 5.42. The highest BCUT2D eigenvalue weighted by atomic mass is 79.9. The molecule has 0 unspecified atom stereocenters. The molecule has 112 valence electrons. The highest BCUT2D eigenvalue weighted by Crippen LogP contribution is 2.82. The van der Waals surface area contributed by atoms with Gasteiger partial charge in [0.2, 0.25) is 0 Å². The molecule has 1 aliphatic carbocycles. The van der Waals surface area contributed by atoms with Gasteiger partial charge in [0.25, 0.3) is 5.91 Å². The Bertz CT molecular complexity index is 762. The van der Waals surface area contributed by atoms with Gasteiger partial charge in [-0.15, -0.1) is 0 Å². The van der Waals surface area contributed by atoms with Gasteiger partial charge in [-0.2, -0.15) is 10.5 Å². The first-order chi connectivity index (χ1) is 10.5. The van der Waals surface area contributed by atoms with Crippen LogP contribution in [0.1, 0.15) is 11.5 Å². The lowest BCUT2D eigenvalue weighted by Crippen LogP contribution is -2.41. The molecule has 1 fully saturated rings. The van der Waals surface area contributed by atoms with E-state index in [4.69, 9.17) is 15.2 Å². The average Bonchev–Trinajstić information content (AvgIpc) is 3.10. The predicted octanol–water partition coefficient (Wildman–Crippen LogP) is 1.88. The van der Waals surface area contributed by atoms with Crippen LogP contribution in [0.4, 0.5) is 0 Å². The number of nitrogens with zero attached hydrogens (tertiary/aromatic N) is 3. The lowest BCUT2D eigenvalue weighted by molar-refractivity contribution is -0.230. The Morgan fingerprint density at radius 3 is 2.36 bits per heavy atom. The molecule has 0 spiro atoms. The molecule has 1 saturated carbocycles. The van der Waals surface area contributed by atoms with Gasteiger partial charge in [0.15, 0.2) is 5.41 Å². The largest absolute Gasteiger partial charge is 0.386 e. The van der Waals surface area contributed by atoms with Gasteiger partial charge in [-0.1, -0.05) is 34.1 Å². The monoisotopic (exact) mass is 360 g/mol. The van der Waals surface area contributed by atoms with Crippen LogP contribution in [0, 0.1) is 33.5 Å². The van der Waals surface area contributed by atoms with Crippen LogP contribution in [-0.4, -0.2) is 26.0 Å². The molecule has 2 aliphatic rings. The smallest absolute Gasteiger partial charge is 0.292 e. The predicted molar refractivity (Wildman–Crippen MR) is 81.3 cm³/mol. The molecule has 0 radical (unpaired) electrons. The van der Waals surface area contributed by atoms with E-state index in [0.29, 0.717) is 0 Å². The molecule has 6 nitrogen and oxygen atoms in total. The summed E-state index contributed by atoms with van der Waals surface area (Å²) >= 11 is 3.47. The quantitative estimate of drug-likeness (QED) is 0.828. The van der Waals surface area contributed by atoms with Crippen molar-refractivity contribution in [2.45, 2.75) is 11.8 Å². The summed E-state index contributed by atoms with van der Waals surface area (Å²) in [6.45, 7) is 0. The van der Waals surface area contributed by atoms with Crippen LogP contribution in [0.15, 0.2) is 33.7 Å². The molecule has 0 amide bonds. The molecule has 0 saturated heterocycles. The zero-order valence-corrected chi connectivity index (χ0v) is 13.6. The van der Waals surface area contributed by atoms with Crippen molar-refractivity contribution in [3.05, 3.63) is 34.3 Å². The van der Waals surface area contributed by atoms with Crippen molar-refractivity contribution < 1.29 is 9.47 Å². The standard InChI is InChI=1S/C15H13BrN4O2/c1-21-15(22-2)14(8-18)11(9-5-3-4-6-10(9)16)13(14,7-17)12(19)20-15/h3-6,11H,1-2H3,(H2,19,20)/t11-,13+,14+/m1/s1. The molecule has 7 heteroatoms. The number of fused-ring (bicyclic) bond motifs is 1. The fourth-order valence-corrected chi connectivity index (χ4v) is 4.21. The zero-order chi connectivity index (χ0) is 16.2. The van der Waals surface area contributed by atoms with Crippen LogP contribution in [-0.2, 0) is 9.47 Å². The Balaban J connectivity index is 2.29. The lowest BCUT2D eigenvalue weighted by atomic mass is 9.93. The summed E-state index contributed by atoms with van der Waals surface area (Å²) in [4.78, 5) is 4.17. The van der Waals surface area contributed by atoms with Crippen LogP contribution in [0.2, 0.25) is 0 Å². The van der Waals surface area contributed by atoms with Crippen LogP contribution in [0.25, 0.3) is 0 Å². The van der Waals surface area contributed by atoms with Crippen molar-refractivity contribution >= 4 is 21.8 Å². The van der Waals surface area contributed by atoms with Gasteiger partial charge in [-0.3, -0.25) is 0 Å². The van der Waals surface area contributed by atoms with Gasteiger partial charge in [0.05, 0.1) is 12.1 Å². The second-order valence-corrected chi connectivity index (χ2v) is 6.14. The number of methoxy groups -OCH3 is 2. The molecule has 1 aliphatic heterocycles. The third kappa shape index (κ3) is 1.28. The number of benzene rings is 1. The van der Waals surface area contributed by atoms with Crippen molar-refractivity contribution in [3.63, 3.8) is 0 Å². The Morgan fingerprint density at radius 1 is 1.23 bits per heavy atom. The molecular formula is C15H13BrN4O2. The summed E-state index contributed by atoms with van der Waals surface area (Å²) in [5, 5.41) is 19.7. The molecular weight excluding hydrogens is 348 g/mol. The SMILES string of the molecule is COC1(OC)N=C(N)[C@]2(C#N)[C@@H](c3ccccc3Br)[C@]12C#N. The van der Waals surface area contributed by atoms with E-state index in [2.05, 4.69) is 33.1 Å². The van der Waals surface area contributed by atoms with Crippen LogP contribution in [0.5, 0.6) is 0 Å². The lowest BCUT2D eigenvalue weighted by Gasteiger charge is -2.29. The molecule has 1 aromatic rings. The van der Waals surface area contributed by atoms with Crippen molar-refractivity contribution in [2.75, 3.05) is 14.2 Å². The molecule has 22 heavy (non-hydrogen) atoms. The average molecular weight is 361 g/mol. The minimum Gasteiger partial charge on any atom is -0.386 e. The minimum absolute atomic E-state index is 0.0704. The summed E-state index contributed by atoms with van der Waals surface area (Å²) in [6, 6.07) is 11.8. The van der Waals surface area contributed by atoms with Crippen LogP contribution < -0.4 is 5.73 Å². The van der Waals surface area contributed by atoms with Crippen molar-refractivity contribution in [1.82, 2.24) is 0 Å². The normalized spacial score (nSPS) is 34.2. The molecule has 0 aromatic heterocycles. The number of rotatable bonds is 3. The fraction of sp³-hybridized carbons (Fsp3) is 0.400. The summed E-state index contributed by atoms with van der Waals surface area (Å²) < 4.78 is 11.6. The third-order valence-electron chi connectivity index (χ3n) is 4.70. The number of aliphatic imine (C=N–C) groups is 1. The van der Waals surface area contributed by atoms with Gasteiger partial charge in [0.1, 0.15) is 11.3 Å². The molecule has 3 atom stereocenters. The van der Waals surface area contributed by atoms with E-state index >= 15 is 0 Å². The Hall–Kier alpha value is -1.93. The van der Waals surface area contributed by atoms with Gasteiger partial charge >= 0.3 is 0 Å². The second-order valence-electron chi connectivity index (χ2n) is 5.28. The first-order valence-corrected chi connectivity index (χ1v) is 7.33. The number of amidine groups is 1. The van der Waals surface area contributed by atoms with Crippen LogP contribution in [0.3, 0.4) is 0 Å². The van der Waals surface area contributed by atoms with Gasteiger partial charge in [0, 0.05) is 24.6 Å². The minimum atomic E-state index is -1.58. The van der Waals surface area contributed by atoms with E-state index in [9.17, 15) is 10.5 Å².